The van der Waals surface area contributed by atoms with Gasteiger partial charge < -0.3 is 14.0 Å². The van der Waals surface area contributed by atoms with Gasteiger partial charge in [0.15, 0.2) is 0 Å². The van der Waals surface area contributed by atoms with E-state index in [1.54, 1.807) is 0 Å². The zero-order valence-corrected chi connectivity index (χ0v) is 41.5. The quantitative estimate of drug-likeness (QED) is 0.107. The minimum absolute atomic E-state index is 0. The molecule has 7 heteroatoms. The van der Waals surface area contributed by atoms with Crippen LogP contribution in [-0.2, 0) is 26.5 Å². The number of aryl methyl sites for hydroxylation is 1. The summed E-state index contributed by atoms with van der Waals surface area (Å²) in [6.07, 6.45) is 0.400. The Morgan fingerprint density at radius 2 is 1.37 bits per heavy atom. The van der Waals surface area contributed by atoms with Gasteiger partial charge in [0.25, 0.3) is 0 Å². The van der Waals surface area contributed by atoms with Crippen LogP contribution in [0.5, 0.6) is 0 Å². The molecule has 5 nitrogen and oxygen atoms in total. The summed E-state index contributed by atoms with van der Waals surface area (Å²) in [4.78, 5) is 14.5. The Kier molecular flexibility index (Phi) is 12.4. The van der Waals surface area contributed by atoms with Crippen LogP contribution in [-0.4, -0.2) is 27.6 Å². The van der Waals surface area contributed by atoms with Crippen molar-refractivity contribution >= 4 is 46.4 Å². The van der Waals surface area contributed by atoms with Crippen molar-refractivity contribution in [2.45, 2.75) is 45.8 Å². The number of nitrogens with zero attached hydrogens (tertiary/aromatic N) is 4. The van der Waals surface area contributed by atoms with E-state index in [0.29, 0.717) is 5.71 Å². The molecular weight excluding hydrogens is 1010 g/mol. The molecule has 0 aliphatic heterocycles. The van der Waals surface area contributed by atoms with E-state index in [9.17, 15) is 0 Å². The van der Waals surface area contributed by atoms with Gasteiger partial charge in [-0.25, -0.2) is 4.98 Å². The molecule has 0 bridgehead atoms. The predicted molar refractivity (Wildman–Crippen MR) is 276 cm³/mol. The SMILES string of the molecule is Cc1ccc2c(n1)oc1c(-c3nc4ccccc4n3-c3cc(-c4ccccc4)ccc3-c3ccccc3)[c-]ccc12.[2H]C([2H])(c1cc(-c2[c-]cccc2)ncc1[Si](C)(C)C)C(C)c1ccccc1.[Ir]. The van der Waals surface area contributed by atoms with E-state index in [1.165, 1.54) is 0 Å². The van der Waals surface area contributed by atoms with E-state index >= 15 is 0 Å². The fraction of sp³-hybridized carbons (Fsp3) is 0.117. The molecule has 1 atom stereocenters. The molecule has 331 valence electrons. The van der Waals surface area contributed by atoms with Crippen molar-refractivity contribution in [3.8, 4) is 50.6 Å². The van der Waals surface area contributed by atoms with Crippen molar-refractivity contribution in [3.63, 3.8) is 0 Å². The number of furan rings is 1. The zero-order chi connectivity index (χ0) is 47.0. The molecule has 11 rings (SSSR count). The van der Waals surface area contributed by atoms with Crippen molar-refractivity contribution in [1.29, 1.82) is 0 Å². The number of para-hydroxylation sites is 2. The van der Waals surface area contributed by atoms with Crippen LogP contribution < -0.4 is 5.19 Å². The summed E-state index contributed by atoms with van der Waals surface area (Å²) < 4.78 is 26.8. The molecule has 0 N–H and O–H groups in total. The monoisotopic (exact) mass is 1070 g/mol. The Hall–Kier alpha value is -7.02. The molecule has 1 unspecified atom stereocenters. The maximum atomic E-state index is 9.04. The summed E-state index contributed by atoms with van der Waals surface area (Å²) >= 11 is 0. The number of rotatable bonds is 9. The third kappa shape index (κ3) is 9.37. The van der Waals surface area contributed by atoms with Gasteiger partial charge in [0, 0.05) is 51.4 Å². The number of pyridine rings is 2. The maximum Gasteiger partial charge on any atom is 0.216 e. The summed E-state index contributed by atoms with van der Waals surface area (Å²) in [5.41, 5.74) is 14.0. The minimum Gasteiger partial charge on any atom is -0.486 e. The van der Waals surface area contributed by atoms with Gasteiger partial charge >= 0.3 is 0 Å². The van der Waals surface area contributed by atoms with Gasteiger partial charge in [-0.1, -0.05) is 164 Å². The van der Waals surface area contributed by atoms with Gasteiger partial charge in [-0.15, -0.1) is 54.1 Å². The molecule has 4 heterocycles. The first-order valence-corrected chi connectivity index (χ1v) is 25.9. The molecule has 1 radical (unpaired) electrons. The third-order valence-corrected chi connectivity index (χ3v) is 14.0. The fourth-order valence-electron chi connectivity index (χ4n) is 8.64. The van der Waals surface area contributed by atoms with Gasteiger partial charge in [-0.2, -0.15) is 0 Å². The average molecular weight is 1070 g/mol. The number of fused-ring (bicyclic) bond motifs is 4. The Morgan fingerprint density at radius 3 is 2.10 bits per heavy atom. The summed E-state index contributed by atoms with van der Waals surface area (Å²) in [5, 5.41) is 3.07. The molecule has 0 saturated heterocycles. The molecule has 7 aromatic carbocycles. The first-order valence-electron chi connectivity index (χ1n) is 23.4. The topological polar surface area (TPSA) is 56.7 Å². The second-order valence-electron chi connectivity index (χ2n) is 17.6. The van der Waals surface area contributed by atoms with Gasteiger partial charge in [-0.05, 0) is 82.7 Å². The summed E-state index contributed by atoms with van der Waals surface area (Å²) in [5.74, 6) is 0.513. The molecule has 0 fully saturated rings. The van der Waals surface area contributed by atoms with Gasteiger partial charge in [-0.3, -0.25) is 4.98 Å². The first-order chi connectivity index (χ1) is 33.0. The van der Waals surface area contributed by atoms with Crippen LogP contribution in [0.25, 0.3) is 83.7 Å². The Bertz CT molecular complexity index is 3560. The molecule has 67 heavy (non-hydrogen) atoms. The number of benzene rings is 7. The third-order valence-electron chi connectivity index (χ3n) is 12.0. The summed E-state index contributed by atoms with van der Waals surface area (Å²) in [6, 6.07) is 70.3. The molecule has 0 spiro atoms. The minimum atomic E-state index is -1.77. The van der Waals surface area contributed by atoms with Crippen LogP contribution in [0.3, 0.4) is 0 Å². The number of hydrogen-bond donors (Lipinski definition) is 0. The summed E-state index contributed by atoms with van der Waals surface area (Å²) in [7, 11) is -1.77. The summed E-state index contributed by atoms with van der Waals surface area (Å²) in [6.45, 7) is 10.7. The van der Waals surface area contributed by atoms with Gasteiger partial charge in [0.05, 0.1) is 30.5 Å². The van der Waals surface area contributed by atoms with Crippen LogP contribution in [0.2, 0.25) is 19.6 Å². The molecule has 0 saturated carbocycles. The van der Waals surface area contributed by atoms with Crippen molar-refractivity contribution in [3.05, 3.63) is 223 Å². The largest absolute Gasteiger partial charge is 0.486 e. The van der Waals surface area contributed by atoms with Crippen molar-refractivity contribution in [2.24, 2.45) is 0 Å². The number of hydrogen-bond acceptors (Lipinski definition) is 4. The Balaban J connectivity index is 0.000000185. The van der Waals surface area contributed by atoms with Crippen molar-refractivity contribution in [2.75, 3.05) is 0 Å². The smallest absolute Gasteiger partial charge is 0.216 e. The Labute approximate surface area is 410 Å². The van der Waals surface area contributed by atoms with E-state index in [-0.39, 0.29) is 26.0 Å². The zero-order valence-electron chi connectivity index (χ0n) is 40.1. The molecule has 11 aromatic rings. The molecular formula is C60H50IrN4OSi-2. The van der Waals surface area contributed by atoms with Crippen LogP contribution in [0.4, 0.5) is 0 Å². The van der Waals surface area contributed by atoms with Crippen LogP contribution in [0.1, 0.15) is 32.4 Å². The van der Waals surface area contributed by atoms with Crippen LogP contribution >= 0.6 is 0 Å². The van der Waals surface area contributed by atoms with Crippen LogP contribution in [0, 0.1) is 19.1 Å². The normalized spacial score (nSPS) is 12.5. The number of imidazole rings is 1. The average Bonchev–Trinajstić information content (AvgIpc) is 3.95. The van der Waals surface area contributed by atoms with Crippen molar-refractivity contribution in [1.82, 2.24) is 19.5 Å². The van der Waals surface area contributed by atoms with Crippen LogP contribution in [0.15, 0.2) is 199 Å². The molecule has 0 aliphatic carbocycles. The number of aromatic nitrogens is 4. The van der Waals surface area contributed by atoms with E-state index < -0.39 is 14.4 Å². The molecule has 0 amide bonds. The predicted octanol–water partition coefficient (Wildman–Crippen LogP) is 14.9. The second kappa shape index (κ2) is 19.4. The fourth-order valence-corrected chi connectivity index (χ4v) is 10.0. The van der Waals surface area contributed by atoms with Gasteiger partial charge in [0.2, 0.25) is 5.71 Å². The van der Waals surface area contributed by atoms with E-state index in [2.05, 4.69) is 137 Å². The molecule has 4 aromatic heterocycles. The first kappa shape index (κ1) is 42.6. The van der Waals surface area contributed by atoms with E-state index in [1.807, 2.05) is 117 Å². The van der Waals surface area contributed by atoms with Crippen molar-refractivity contribution < 1.29 is 27.3 Å². The van der Waals surface area contributed by atoms with E-state index in [4.69, 9.17) is 12.1 Å². The van der Waals surface area contributed by atoms with Gasteiger partial charge in [0.1, 0.15) is 0 Å². The standard InChI is InChI=1S/C37H24N3O.C23H26NSi.Ir/c1-24-19-21-30-29-15-10-16-31(35(29)41-37(30)38-24)36-39-32-17-8-9-18-33(32)40(36)34-23-27(25-11-4-2-5-12-25)20-22-28(34)26-13-6-3-7-14-26;1-18(19-11-7-5-8-12-19)15-21-16-22(20-13-9-6-10-14-20)24-17-23(21)25(2,3)4;/h2-15,17-23H,1H3;5-13,16-18H,15H2,1-4H3;/q2*-1;/i;15D2;. The Morgan fingerprint density at radius 1 is 0.672 bits per heavy atom. The maximum absolute atomic E-state index is 9.04. The molecule has 0 aliphatic rings. The second-order valence-corrected chi connectivity index (χ2v) is 22.7. The van der Waals surface area contributed by atoms with E-state index in [0.717, 1.165) is 100.0 Å².